The molecule has 106 valence electrons. The van der Waals surface area contributed by atoms with Crippen molar-refractivity contribution in [1.29, 1.82) is 0 Å². The van der Waals surface area contributed by atoms with Crippen LogP contribution in [0.15, 0.2) is 30.3 Å². The summed E-state index contributed by atoms with van der Waals surface area (Å²) in [4.78, 5) is 12.0. The van der Waals surface area contributed by atoms with E-state index in [0.717, 1.165) is 12.0 Å². The van der Waals surface area contributed by atoms with Gasteiger partial charge in [0.15, 0.2) is 6.10 Å². The third kappa shape index (κ3) is 5.85. The van der Waals surface area contributed by atoms with Gasteiger partial charge in [-0.05, 0) is 25.8 Å². The molecule has 0 saturated heterocycles. The first-order valence-corrected chi connectivity index (χ1v) is 6.62. The molecule has 0 aliphatic heterocycles. The van der Waals surface area contributed by atoms with Crippen LogP contribution >= 0.6 is 0 Å². The molecule has 0 radical (unpaired) electrons. The van der Waals surface area contributed by atoms with E-state index in [1.54, 1.807) is 7.11 Å². The molecule has 4 heteroatoms. The Labute approximate surface area is 115 Å². The second-order valence-electron chi connectivity index (χ2n) is 4.59. The fourth-order valence-corrected chi connectivity index (χ4v) is 1.72. The Bertz CT molecular complexity index is 365. The SMILES string of the molecule is CO[C@H](C(=O)NCCCOC(C)C)c1ccccc1. The molecular formula is C15H23NO3. The van der Waals surface area contributed by atoms with Crippen LogP contribution in [0.1, 0.15) is 31.9 Å². The Morgan fingerprint density at radius 3 is 2.53 bits per heavy atom. The van der Waals surface area contributed by atoms with E-state index >= 15 is 0 Å². The maximum absolute atomic E-state index is 12.0. The first kappa shape index (κ1) is 15.7. The van der Waals surface area contributed by atoms with Gasteiger partial charge in [0.2, 0.25) is 0 Å². The molecular weight excluding hydrogens is 242 g/mol. The van der Waals surface area contributed by atoms with E-state index in [-0.39, 0.29) is 12.0 Å². The van der Waals surface area contributed by atoms with E-state index in [9.17, 15) is 4.79 Å². The van der Waals surface area contributed by atoms with E-state index in [2.05, 4.69) is 5.32 Å². The van der Waals surface area contributed by atoms with Crippen molar-refractivity contribution >= 4 is 5.91 Å². The van der Waals surface area contributed by atoms with Crippen molar-refractivity contribution in [2.24, 2.45) is 0 Å². The van der Waals surface area contributed by atoms with Gasteiger partial charge in [-0.1, -0.05) is 30.3 Å². The van der Waals surface area contributed by atoms with E-state index in [1.807, 2.05) is 44.2 Å². The Morgan fingerprint density at radius 1 is 1.26 bits per heavy atom. The lowest BCUT2D eigenvalue weighted by Gasteiger charge is -2.15. The second-order valence-corrected chi connectivity index (χ2v) is 4.59. The molecule has 0 spiro atoms. The average Bonchev–Trinajstić information content (AvgIpc) is 2.40. The van der Waals surface area contributed by atoms with Gasteiger partial charge in [-0.3, -0.25) is 4.79 Å². The van der Waals surface area contributed by atoms with Gasteiger partial charge >= 0.3 is 0 Å². The van der Waals surface area contributed by atoms with Crippen molar-refractivity contribution in [3.8, 4) is 0 Å². The summed E-state index contributed by atoms with van der Waals surface area (Å²) in [5.41, 5.74) is 0.862. The third-order valence-electron chi connectivity index (χ3n) is 2.65. The molecule has 0 fully saturated rings. The molecule has 0 aliphatic rings. The fraction of sp³-hybridized carbons (Fsp3) is 0.533. The number of ether oxygens (including phenoxy) is 2. The summed E-state index contributed by atoms with van der Waals surface area (Å²) in [5.74, 6) is -0.113. The molecule has 1 N–H and O–H groups in total. The number of methoxy groups -OCH3 is 1. The summed E-state index contributed by atoms with van der Waals surface area (Å²) >= 11 is 0. The summed E-state index contributed by atoms with van der Waals surface area (Å²) in [6.07, 6.45) is 0.480. The van der Waals surface area contributed by atoms with Crippen molar-refractivity contribution in [2.45, 2.75) is 32.5 Å². The zero-order valence-corrected chi connectivity index (χ0v) is 11.9. The van der Waals surface area contributed by atoms with Crippen molar-refractivity contribution in [2.75, 3.05) is 20.3 Å². The highest BCUT2D eigenvalue weighted by Crippen LogP contribution is 2.15. The largest absolute Gasteiger partial charge is 0.379 e. The Kier molecular flexibility index (Phi) is 7.15. The predicted molar refractivity (Wildman–Crippen MR) is 74.9 cm³/mol. The first-order valence-electron chi connectivity index (χ1n) is 6.62. The van der Waals surface area contributed by atoms with Crippen molar-refractivity contribution in [3.63, 3.8) is 0 Å². The minimum Gasteiger partial charge on any atom is -0.379 e. The van der Waals surface area contributed by atoms with E-state index in [1.165, 1.54) is 0 Å². The number of benzene rings is 1. The van der Waals surface area contributed by atoms with Gasteiger partial charge in [-0.15, -0.1) is 0 Å². The maximum Gasteiger partial charge on any atom is 0.253 e. The van der Waals surface area contributed by atoms with Gasteiger partial charge in [-0.25, -0.2) is 0 Å². The molecule has 1 aromatic carbocycles. The monoisotopic (exact) mass is 265 g/mol. The number of hydrogen-bond acceptors (Lipinski definition) is 3. The molecule has 1 rings (SSSR count). The molecule has 0 aromatic heterocycles. The minimum atomic E-state index is -0.549. The van der Waals surface area contributed by atoms with Gasteiger partial charge in [0.1, 0.15) is 0 Å². The molecule has 1 amide bonds. The molecule has 0 unspecified atom stereocenters. The summed E-state index contributed by atoms with van der Waals surface area (Å²) in [6, 6.07) is 9.47. The van der Waals surface area contributed by atoms with Crippen LogP contribution in [-0.2, 0) is 14.3 Å². The number of rotatable bonds is 8. The Hall–Kier alpha value is -1.39. The van der Waals surface area contributed by atoms with Gasteiger partial charge in [0, 0.05) is 20.3 Å². The van der Waals surface area contributed by atoms with Crippen LogP contribution in [0.4, 0.5) is 0 Å². The molecule has 0 bridgehead atoms. The lowest BCUT2D eigenvalue weighted by Crippen LogP contribution is -2.31. The van der Waals surface area contributed by atoms with Crippen LogP contribution in [0.5, 0.6) is 0 Å². The molecule has 1 aromatic rings. The summed E-state index contributed by atoms with van der Waals surface area (Å²) < 4.78 is 10.7. The zero-order valence-electron chi connectivity index (χ0n) is 11.9. The number of carbonyl (C=O) groups is 1. The summed E-state index contributed by atoms with van der Waals surface area (Å²) in [7, 11) is 1.54. The van der Waals surface area contributed by atoms with Gasteiger partial charge in [0.05, 0.1) is 6.10 Å². The van der Waals surface area contributed by atoms with Crippen LogP contribution < -0.4 is 5.32 Å². The highest BCUT2D eigenvalue weighted by atomic mass is 16.5. The standard InChI is InChI=1S/C15H23NO3/c1-12(2)19-11-7-10-16-15(17)14(18-3)13-8-5-4-6-9-13/h4-6,8-9,12,14H,7,10-11H2,1-3H3,(H,16,17)/t14-/m0/s1. The lowest BCUT2D eigenvalue weighted by molar-refractivity contribution is -0.131. The smallest absolute Gasteiger partial charge is 0.253 e. The lowest BCUT2D eigenvalue weighted by atomic mass is 10.1. The second kappa shape index (κ2) is 8.67. The van der Waals surface area contributed by atoms with Crippen molar-refractivity contribution < 1.29 is 14.3 Å². The highest BCUT2D eigenvalue weighted by Gasteiger charge is 2.18. The molecule has 0 heterocycles. The van der Waals surface area contributed by atoms with Crippen molar-refractivity contribution in [1.82, 2.24) is 5.32 Å². The van der Waals surface area contributed by atoms with Crippen LogP contribution in [0.2, 0.25) is 0 Å². The van der Waals surface area contributed by atoms with Crippen LogP contribution in [0.25, 0.3) is 0 Å². The minimum absolute atomic E-state index is 0.113. The van der Waals surface area contributed by atoms with Crippen molar-refractivity contribution in [3.05, 3.63) is 35.9 Å². The third-order valence-corrected chi connectivity index (χ3v) is 2.65. The van der Waals surface area contributed by atoms with Gasteiger partial charge < -0.3 is 14.8 Å². The average molecular weight is 265 g/mol. The Morgan fingerprint density at radius 2 is 1.95 bits per heavy atom. The molecule has 1 atom stereocenters. The first-order chi connectivity index (χ1) is 9.15. The number of amides is 1. The van der Waals surface area contributed by atoms with Crippen LogP contribution in [-0.4, -0.2) is 32.3 Å². The number of nitrogens with one attached hydrogen (secondary N) is 1. The molecule has 0 aliphatic carbocycles. The van der Waals surface area contributed by atoms with Gasteiger partial charge in [0.25, 0.3) is 5.91 Å². The summed E-state index contributed by atoms with van der Waals surface area (Å²) in [5, 5.41) is 2.86. The Balaban J connectivity index is 2.35. The van der Waals surface area contributed by atoms with Gasteiger partial charge in [-0.2, -0.15) is 0 Å². The molecule has 19 heavy (non-hydrogen) atoms. The van der Waals surface area contributed by atoms with E-state index < -0.39 is 6.10 Å². The number of carbonyl (C=O) groups excluding carboxylic acids is 1. The number of hydrogen-bond donors (Lipinski definition) is 1. The summed E-state index contributed by atoms with van der Waals surface area (Å²) in [6.45, 7) is 5.24. The normalized spacial score (nSPS) is 12.4. The maximum atomic E-state index is 12.0. The van der Waals surface area contributed by atoms with E-state index in [0.29, 0.717) is 13.2 Å². The fourth-order valence-electron chi connectivity index (χ4n) is 1.72. The zero-order chi connectivity index (χ0) is 14.1. The molecule has 0 saturated carbocycles. The highest BCUT2D eigenvalue weighted by molar-refractivity contribution is 5.82. The van der Waals surface area contributed by atoms with Crippen LogP contribution in [0.3, 0.4) is 0 Å². The molecule has 4 nitrogen and oxygen atoms in total. The quantitative estimate of drug-likeness (QED) is 0.734. The predicted octanol–water partition coefficient (Wildman–Crippen LogP) is 2.31. The topological polar surface area (TPSA) is 47.6 Å². The van der Waals surface area contributed by atoms with E-state index in [4.69, 9.17) is 9.47 Å². The van der Waals surface area contributed by atoms with Crippen LogP contribution in [0, 0.1) is 0 Å².